The van der Waals surface area contributed by atoms with E-state index in [2.05, 4.69) is 34.6 Å². The van der Waals surface area contributed by atoms with Crippen molar-refractivity contribution in [3.05, 3.63) is 0 Å². The summed E-state index contributed by atoms with van der Waals surface area (Å²) in [4.78, 5) is 0. The van der Waals surface area contributed by atoms with E-state index in [-0.39, 0.29) is 18.1 Å². The topological polar surface area (TPSA) is 29.5 Å². The van der Waals surface area contributed by atoms with E-state index in [1.165, 1.54) is 0 Å². The van der Waals surface area contributed by atoms with Gasteiger partial charge in [-0.05, 0) is 18.3 Å². The zero-order valence-corrected chi connectivity index (χ0v) is 8.92. The first kappa shape index (κ1) is 11.9. The number of aliphatic hydroxyl groups excluding tert-OH is 1. The van der Waals surface area contributed by atoms with Crippen molar-refractivity contribution < 1.29 is 9.84 Å². The Labute approximate surface area is 75.9 Å². The minimum Gasteiger partial charge on any atom is -0.394 e. The summed E-state index contributed by atoms with van der Waals surface area (Å²) in [5, 5.41) is 8.57. The standard InChI is InChI=1S/C10H22O2/c1-8(10(3,4)5)9(2)12-7-6-11/h8-9,11H,6-7H2,1-5H3/t8-,9-/m0/s1. The molecular weight excluding hydrogens is 152 g/mol. The zero-order valence-electron chi connectivity index (χ0n) is 8.92. The summed E-state index contributed by atoms with van der Waals surface area (Å²) in [6.45, 7) is 11.4. The van der Waals surface area contributed by atoms with Crippen molar-refractivity contribution in [3.63, 3.8) is 0 Å². The van der Waals surface area contributed by atoms with Gasteiger partial charge in [0, 0.05) is 0 Å². The first-order valence-corrected chi connectivity index (χ1v) is 4.62. The fourth-order valence-corrected chi connectivity index (χ4v) is 1.09. The minimum absolute atomic E-state index is 0.112. The first-order valence-electron chi connectivity index (χ1n) is 4.62. The molecule has 0 aromatic carbocycles. The van der Waals surface area contributed by atoms with Crippen LogP contribution in [0.25, 0.3) is 0 Å². The Kier molecular flexibility index (Phi) is 4.80. The zero-order chi connectivity index (χ0) is 9.78. The van der Waals surface area contributed by atoms with Crippen LogP contribution >= 0.6 is 0 Å². The summed E-state index contributed by atoms with van der Waals surface area (Å²) in [6, 6.07) is 0. The predicted molar refractivity (Wildman–Crippen MR) is 51.1 cm³/mol. The van der Waals surface area contributed by atoms with Crippen LogP contribution in [0.1, 0.15) is 34.6 Å². The SMILES string of the molecule is C[C@H](OCCO)[C@H](C)C(C)(C)C. The van der Waals surface area contributed by atoms with Gasteiger partial charge in [0.15, 0.2) is 0 Å². The minimum atomic E-state index is 0.112. The number of ether oxygens (including phenoxy) is 1. The summed E-state index contributed by atoms with van der Waals surface area (Å²) in [7, 11) is 0. The van der Waals surface area contributed by atoms with Crippen LogP contribution in [0.4, 0.5) is 0 Å². The van der Waals surface area contributed by atoms with Gasteiger partial charge in [-0.2, -0.15) is 0 Å². The van der Waals surface area contributed by atoms with E-state index in [0.29, 0.717) is 12.5 Å². The molecular formula is C10H22O2. The van der Waals surface area contributed by atoms with Gasteiger partial charge in [0.05, 0.1) is 19.3 Å². The third kappa shape index (κ3) is 4.07. The van der Waals surface area contributed by atoms with Crippen LogP contribution in [-0.4, -0.2) is 24.4 Å². The lowest BCUT2D eigenvalue weighted by Gasteiger charge is -2.32. The van der Waals surface area contributed by atoms with Crippen molar-refractivity contribution in [1.82, 2.24) is 0 Å². The molecule has 1 N–H and O–H groups in total. The van der Waals surface area contributed by atoms with Gasteiger partial charge >= 0.3 is 0 Å². The van der Waals surface area contributed by atoms with Crippen LogP contribution in [0.5, 0.6) is 0 Å². The summed E-state index contributed by atoms with van der Waals surface area (Å²) in [5.41, 5.74) is 0.273. The number of hydrogen-bond donors (Lipinski definition) is 1. The smallest absolute Gasteiger partial charge is 0.0701 e. The van der Waals surface area contributed by atoms with Gasteiger partial charge in [0.2, 0.25) is 0 Å². The maximum absolute atomic E-state index is 8.57. The average molecular weight is 174 g/mol. The molecule has 0 unspecified atom stereocenters. The molecule has 0 radical (unpaired) electrons. The van der Waals surface area contributed by atoms with Crippen molar-refractivity contribution >= 4 is 0 Å². The van der Waals surface area contributed by atoms with E-state index >= 15 is 0 Å². The molecule has 0 saturated heterocycles. The molecule has 0 spiro atoms. The van der Waals surface area contributed by atoms with E-state index in [1.807, 2.05) is 0 Å². The van der Waals surface area contributed by atoms with Gasteiger partial charge in [-0.15, -0.1) is 0 Å². The van der Waals surface area contributed by atoms with Gasteiger partial charge in [-0.1, -0.05) is 27.7 Å². The highest BCUT2D eigenvalue weighted by atomic mass is 16.5. The lowest BCUT2D eigenvalue weighted by Crippen LogP contribution is -2.30. The van der Waals surface area contributed by atoms with Gasteiger partial charge in [-0.3, -0.25) is 0 Å². The number of aliphatic hydroxyl groups is 1. The molecule has 0 aliphatic heterocycles. The Morgan fingerprint density at radius 1 is 1.25 bits per heavy atom. The van der Waals surface area contributed by atoms with Gasteiger partial charge in [0.1, 0.15) is 0 Å². The predicted octanol–water partition coefficient (Wildman–Crippen LogP) is 2.07. The highest BCUT2D eigenvalue weighted by Gasteiger charge is 2.25. The summed E-state index contributed by atoms with van der Waals surface area (Å²) < 4.78 is 5.43. The van der Waals surface area contributed by atoms with E-state index in [4.69, 9.17) is 9.84 Å². The van der Waals surface area contributed by atoms with Crippen molar-refractivity contribution in [1.29, 1.82) is 0 Å². The van der Waals surface area contributed by atoms with Crippen LogP contribution in [0.2, 0.25) is 0 Å². The Hall–Kier alpha value is -0.0800. The first-order chi connectivity index (χ1) is 5.39. The van der Waals surface area contributed by atoms with Gasteiger partial charge < -0.3 is 9.84 Å². The molecule has 0 fully saturated rings. The second-order valence-corrected chi connectivity index (χ2v) is 4.45. The molecule has 0 bridgehead atoms. The molecule has 2 heteroatoms. The molecule has 2 nitrogen and oxygen atoms in total. The maximum Gasteiger partial charge on any atom is 0.0701 e. The summed E-state index contributed by atoms with van der Waals surface area (Å²) in [6.07, 6.45) is 0.220. The molecule has 0 aromatic heterocycles. The summed E-state index contributed by atoms with van der Waals surface area (Å²) in [5.74, 6) is 0.504. The van der Waals surface area contributed by atoms with E-state index in [1.54, 1.807) is 0 Å². The molecule has 12 heavy (non-hydrogen) atoms. The monoisotopic (exact) mass is 174 g/mol. The molecule has 0 aliphatic rings. The van der Waals surface area contributed by atoms with Gasteiger partial charge in [-0.25, -0.2) is 0 Å². The molecule has 0 aromatic rings. The molecule has 74 valence electrons. The second-order valence-electron chi connectivity index (χ2n) is 4.45. The second kappa shape index (κ2) is 4.83. The Bertz CT molecular complexity index is 115. The van der Waals surface area contributed by atoms with E-state index < -0.39 is 0 Å². The quantitative estimate of drug-likeness (QED) is 0.707. The molecule has 2 atom stereocenters. The Balaban J connectivity index is 3.84. The largest absolute Gasteiger partial charge is 0.394 e. The summed E-state index contributed by atoms with van der Waals surface area (Å²) >= 11 is 0. The van der Waals surface area contributed by atoms with Crippen molar-refractivity contribution in [3.8, 4) is 0 Å². The molecule has 0 amide bonds. The fraction of sp³-hybridized carbons (Fsp3) is 1.00. The highest BCUT2D eigenvalue weighted by Crippen LogP contribution is 2.29. The molecule has 0 heterocycles. The molecule has 0 rings (SSSR count). The number of hydrogen-bond acceptors (Lipinski definition) is 2. The van der Waals surface area contributed by atoms with Gasteiger partial charge in [0.25, 0.3) is 0 Å². The average Bonchev–Trinajstić information content (AvgIpc) is 1.97. The third-order valence-corrected chi connectivity index (χ3v) is 2.54. The normalized spacial score (nSPS) is 17.5. The number of rotatable bonds is 4. The van der Waals surface area contributed by atoms with Crippen molar-refractivity contribution in [2.75, 3.05) is 13.2 Å². The maximum atomic E-state index is 8.57. The fourth-order valence-electron chi connectivity index (χ4n) is 1.09. The van der Waals surface area contributed by atoms with Crippen molar-refractivity contribution in [2.45, 2.75) is 40.7 Å². The van der Waals surface area contributed by atoms with Crippen LogP contribution in [-0.2, 0) is 4.74 Å². The Morgan fingerprint density at radius 3 is 2.08 bits per heavy atom. The molecule has 0 saturated carbocycles. The lowest BCUT2D eigenvalue weighted by atomic mass is 9.79. The lowest BCUT2D eigenvalue weighted by molar-refractivity contribution is -0.0193. The van der Waals surface area contributed by atoms with Crippen LogP contribution in [0.15, 0.2) is 0 Å². The van der Waals surface area contributed by atoms with Crippen LogP contribution in [0.3, 0.4) is 0 Å². The van der Waals surface area contributed by atoms with E-state index in [0.717, 1.165) is 0 Å². The van der Waals surface area contributed by atoms with Crippen LogP contribution in [0, 0.1) is 11.3 Å². The third-order valence-electron chi connectivity index (χ3n) is 2.54. The van der Waals surface area contributed by atoms with Crippen LogP contribution < -0.4 is 0 Å². The highest BCUT2D eigenvalue weighted by molar-refractivity contribution is 4.74. The Morgan fingerprint density at radius 2 is 1.75 bits per heavy atom. The molecule has 0 aliphatic carbocycles. The van der Waals surface area contributed by atoms with E-state index in [9.17, 15) is 0 Å². The van der Waals surface area contributed by atoms with Crippen molar-refractivity contribution in [2.24, 2.45) is 11.3 Å².